The first-order chi connectivity index (χ1) is 6.45. The molecule has 3 heteroatoms. The van der Waals surface area contributed by atoms with Gasteiger partial charge >= 0.3 is 0 Å². The molecule has 1 rings (SSSR count). The van der Waals surface area contributed by atoms with Gasteiger partial charge in [-0.1, -0.05) is 20.8 Å². The summed E-state index contributed by atoms with van der Waals surface area (Å²) in [5.41, 5.74) is 0.310. The van der Waals surface area contributed by atoms with Crippen LogP contribution in [-0.2, 0) is 0 Å². The number of hydrogen-bond acceptors (Lipinski definition) is 3. The second kappa shape index (κ2) is 4.60. The first-order valence-corrected chi connectivity index (χ1v) is 5.54. The van der Waals surface area contributed by atoms with Crippen molar-refractivity contribution in [2.24, 2.45) is 5.41 Å². The van der Waals surface area contributed by atoms with Gasteiger partial charge in [-0.25, -0.2) is 0 Å². The van der Waals surface area contributed by atoms with Crippen LogP contribution < -0.4 is 10.6 Å². The Labute approximate surface area is 88.2 Å². The molecule has 1 saturated heterocycles. The van der Waals surface area contributed by atoms with E-state index in [1.807, 2.05) is 0 Å². The molecule has 1 aliphatic rings. The van der Waals surface area contributed by atoms with Crippen LogP contribution in [0.5, 0.6) is 0 Å². The fraction of sp³-hybridized carbons (Fsp3) is 1.00. The molecular formula is C11H25N3. The number of nitrogens with one attached hydrogen (secondary N) is 2. The summed E-state index contributed by atoms with van der Waals surface area (Å²) in [6.45, 7) is 10.3. The molecule has 0 saturated carbocycles. The summed E-state index contributed by atoms with van der Waals surface area (Å²) >= 11 is 0. The highest BCUT2D eigenvalue weighted by atomic mass is 15.2. The Morgan fingerprint density at radius 1 is 1.43 bits per heavy atom. The monoisotopic (exact) mass is 199 g/mol. The van der Waals surface area contributed by atoms with Crippen LogP contribution in [0.1, 0.15) is 20.8 Å². The van der Waals surface area contributed by atoms with Gasteiger partial charge in [-0.15, -0.1) is 0 Å². The van der Waals surface area contributed by atoms with Gasteiger partial charge in [0.15, 0.2) is 0 Å². The van der Waals surface area contributed by atoms with Gasteiger partial charge in [0.1, 0.15) is 0 Å². The van der Waals surface area contributed by atoms with E-state index in [-0.39, 0.29) is 0 Å². The van der Waals surface area contributed by atoms with E-state index in [2.05, 4.69) is 50.4 Å². The Morgan fingerprint density at radius 3 is 2.50 bits per heavy atom. The van der Waals surface area contributed by atoms with Gasteiger partial charge in [0, 0.05) is 31.7 Å². The second-order valence-electron chi connectivity index (χ2n) is 5.46. The number of likely N-dealkylation sites (N-methyl/N-ethyl adjacent to an activating group) is 2. The quantitative estimate of drug-likeness (QED) is 0.679. The first kappa shape index (κ1) is 12.0. The molecule has 3 nitrogen and oxygen atoms in total. The summed E-state index contributed by atoms with van der Waals surface area (Å²) in [5, 5.41) is 7.05. The highest BCUT2D eigenvalue weighted by Gasteiger charge is 2.32. The summed E-state index contributed by atoms with van der Waals surface area (Å²) in [4.78, 5) is 2.40. The molecule has 0 bridgehead atoms. The summed E-state index contributed by atoms with van der Waals surface area (Å²) in [5.74, 6) is 0. The predicted octanol–water partition coefficient (Wildman–Crippen LogP) is 0.524. The van der Waals surface area contributed by atoms with Gasteiger partial charge in [0.05, 0.1) is 0 Å². The zero-order chi connectivity index (χ0) is 10.8. The van der Waals surface area contributed by atoms with Gasteiger partial charge in [-0.2, -0.15) is 0 Å². The Bertz CT molecular complexity index is 174. The van der Waals surface area contributed by atoms with Gasteiger partial charge < -0.3 is 15.5 Å². The van der Waals surface area contributed by atoms with Gasteiger partial charge in [-0.3, -0.25) is 0 Å². The lowest BCUT2D eigenvalue weighted by molar-refractivity contribution is 0.151. The molecule has 0 aliphatic carbocycles. The van der Waals surface area contributed by atoms with Crippen molar-refractivity contribution >= 4 is 0 Å². The smallest absolute Gasteiger partial charge is 0.0354 e. The first-order valence-electron chi connectivity index (χ1n) is 5.54. The van der Waals surface area contributed by atoms with Crippen molar-refractivity contribution in [1.29, 1.82) is 0 Å². The van der Waals surface area contributed by atoms with Gasteiger partial charge in [0.2, 0.25) is 0 Å². The molecule has 0 aromatic heterocycles. The van der Waals surface area contributed by atoms with Crippen molar-refractivity contribution in [3.05, 3.63) is 0 Å². The summed E-state index contributed by atoms with van der Waals surface area (Å²) in [6, 6.07) is 1.10. The number of hydrogen-bond donors (Lipinski definition) is 2. The summed E-state index contributed by atoms with van der Waals surface area (Å²) in [6.07, 6.45) is 0. The molecule has 0 aromatic carbocycles. The van der Waals surface area contributed by atoms with Crippen molar-refractivity contribution in [2.45, 2.75) is 32.9 Å². The average Bonchev–Trinajstić information content (AvgIpc) is 2.02. The van der Waals surface area contributed by atoms with Crippen molar-refractivity contribution < 1.29 is 0 Å². The van der Waals surface area contributed by atoms with E-state index in [0.29, 0.717) is 17.5 Å². The third-order valence-electron chi connectivity index (χ3n) is 3.05. The molecule has 0 spiro atoms. The van der Waals surface area contributed by atoms with E-state index in [1.54, 1.807) is 0 Å². The van der Waals surface area contributed by atoms with Crippen LogP contribution in [0.25, 0.3) is 0 Å². The lowest BCUT2D eigenvalue weighted by Crippen LogP contribution is -2.61. The Balaban J connectivity index is 2.60. The van der Waals surface area contributed by atoms with Crippen LogP contribution in [0.2, 0.25) is 0 Å². The van der Waals surface area contributed by atoms with E-state index in [0.717, 1.165) is 19.6 Å². The van der Waals surface area contributed by atoms with E-state index < -0.39 is 0 Å². The molecule has 2 atom stereocenters. The highest BCUT2D eigenvalue weighted by Crippen LogP contribution is 2.22. The van der Waals surface area contributed by atoms with Crippen LogP contribution >= 0.6 is 0 Å². The molecule has 1 aliphatic heterocycles. The van der Waals surface area contributed by atoms with Crippen LogP contribution in [-0.4, -0.2) is 50.7 Å². The molecule has 0 radical (unpaired) electrons. The van der Waals surface area contributed by atoms with E-state index in [9.17, 15) is 0 Å². The molecular weight excluding hydrogens is 174 g/mol. The molecule has 1 heterocycles. The van der Waals surface area contributed by atoms with Crippen LogP contribution in [0.15, 0.2) is 0 Å². The predicted molar refractivity (Wildman–Crippen MR) is 61.6 cm³/mol. The standard InChI is InChI=1S/C11H25N3/c1-11(2,3)10(12-4)9-8-14(5)7-6-13-9/h9-10,12-13H,6-8H2,1-5H3. The molecule has 1 fully saturated rings. The minimum atomic E-state index is 0.310. The second-order valence-corrected chi connectivity index (χ2v) is 5.46. The highest BCUT2D eigenvalue weighted by molar-refractivity contribution is 4.93. The number of piperazine rings is 1. The fourth-order valence-electron chi connectivity index (χ4n) is 2.39. The van der Waals surface area contributed by atoms with Gasteiger partial charge in [0.25, 0.3) is 0 Å². The minimum absolute atomic E-state index is 0.310. The molecule has 2 unspecified atom stereocenters. The van der Waals surface area contributed by atoms with E-state index in [4.69, 9.17) is 0 Å². The lowest BCUT2D eigenvalue weighted by atomic mass is 9.81. The molecule has 14 heavy (non-hydrogen) atoms. The van der Waals surface area contributed by atoms with E-state index >= 15 is 0 Å². The van der Waals surface area contributed by atoms with Crippen molar-refractivity contribution in [3.8, 4) is 0 Å². The summed E-state index contributed by atoms with van der Waals surface area (Å²) < 4.78 is 0. The SMILES string of the molecule is CNC(C1CN(C)CCN1)C(C)(C)C. The number of rotatable bonds is 2. The average molecular weight is 199 g/mol. The van der Waals surface area contributed by atoms with Crippen LogP contribution in [0.3, 0.4) is 0 Å². The summed E-state index contributed by atoms with van der Waals surface area (Å²) in [7, 11) is 4.26. The maximum atomic E-state index is 3.60. The zero-order valence-electron chi connectivity index (χ0n) is 10.2. The minimum Gasteiger partial charge on any atom is -0.315 e. The zero-order valence-corrected chi connectivity index (χ0v) is 10.2. The Hall–Kier alpha value is -0.120. The van der Waals surface area contributed by atoms with E-state index in [1.165, 1.54) is 0 Å². The van der Waals surface area contributed by atoms with Crippen LogP contribution in [0, 0.1) is 5.41 Å². The van der Waals surface area contributed by atoms with Crippen LogP contribution in [0.4, 0.5) is 0 Å². The largest absolute Gasteiger partial charge is 0.315 e. The fourth-order valence-corrected chi connectivity index (χ4v) is 2.39. The molecule has 84 valence electrons. The Morgan fingerprint density at radius 2 is 2.07 bits per heavy atom. The third kappa shape index (κ3) is 2.94. The van der Waals surface area contributed by atoms with Crippen molar-refractivity contribution in [1.82, 2.24) is 15.5 Å². The molecule has 0 amide bonds. The topological polar surface area (TPSA) is 27.3 Å². The Kier molecular flexibility index (Phi) is 3.93. The molecule has 0 aromatic rings. The third-order valence-corrected chi connectivity index (χ3v) is 3.05. The number of nitrogens with zero attached hydrogens (tertiary/aromatic N) is 1. The lowest BCUT2D eigenvalue weighted by Gasteiger charge is -2.42. The van der Waals surface area contributed by atoms with Gasteiger partial charge in [-0.05, 0) is 19.5 Å². The maximum absolute atomic E-state index is 3.60. The maximum Gasteiger partial charge on any atom is 0.0354 e. The van der Waals surface area contributed by atoms with Crippen molar-refractivity contribution in [2.75, 3.05) is 33.7 Å². The van der Waals surface area contributed by atoms with Crippen molar-refractivity contribution in [3.63, 3.8) is 0 Å². The normalized spacial score (nSPS) is 27.6. The molecule has 2 N–H and O–H groups in total.